The van der Waals surface area contributed by atoms with Crippen molar-refractivity contribution < 1.29 is 9.59 Å². The molecule has 0 bridgehead atoms. The smallest absolute Gasteiger partial charge is 0.263 e. The van der Waals surface area contributed by atoms with Crippen molar-refractivity contribution in [2.45, 2.75) is 39.3 Å². The lowest BCUT2D eigenvalue weighted by Gasteiger charge is -2.16. The molecule has 7 nitrogen and oxygen atoms in total. The van der Waals surface area contributed by atoms with Crippen molar-refractivity contribution >= 4 is 28.3 Å². The molecule has 0 fully saturated rings. The zero-order valence-electron chi connectivity index (χ0n) is 17.1. The highest BCUT2D eigenvalue weighted by molar-refractivity contribution is 7.13. The molecule has 0 saturated carbocycles. The molecule has 1 unspecified atom stereocenters. The average molecular weight is 425 g/mol. The van der Waals surface area contributed by atoms with Gasteiger partial charge in [-0.2, -0.15) is 0 Å². The molecule has 0 saturated heterocycles. The second-order valence-electron chi connectivity index (χ2n) is 7.26. The molecule has 0 aliphatic heterocycles. The van der Waals surface area contributed by atoms with Crippen LogP contribution in [-0.4, -0.2) is 21.4 Å². The van der Waals surface area contributed by atoms with E-state index in [1.54, 1.807) is 17.6 Å². The molecule has 0 radical (unpaired) electrons. The third-order valence-electron chi connectivity index (χ3n) is 4.71. The van der Waals surface area contributed by atoms with Gasteiger partial charge in [-0.15, -0.1) is 11.3 Å². The van der Waals surface area contributed by atoms with E-state index >= 15 is 0 Å². The number of hydrogen-bond acceptors (Lipinski definition) is 5. The standard InChI is InChI=1S/C22H24N4O3S/c1-14(2)16-6-8-17(9-7-16)15(3)24-20(28)18-5-4-11-26(21(18)29)13-19(27)25-22-23-10-12-30-22/h4-12,14-15H,13H2,1-3H3,(H,24,28)(H,23,25,27). The van der Waals surface area contributed by atoms with Gasteiger partial charge < -0.3 is 15.2 Å². The molecule has 0 spiro atoms. The average Bonchev–Trinajstić information content (AvgIpc) is 3.22. The second kappa shape index (κ2) is 9.49. The molecule has 3 rings (SSSR count). The zero-order valence-corrected chi connectivity index (χ0v) is 17.9. The summed E-state index contributed by atoms with van der Waals surface area (Å²) in [6.07, 6.45) is 3.06. The molecule has 156 valence electrons. The van der Waals surface area contributed by atoms with Crippen LogP contribution in [0.4, 0.5) is 5.13 Å². The number of anilines is 1. The highest BCUT2D eigenvalue weighted by Gasteiger charge is 2.17. The monoisotopic (exact) mass is 424 g/mol. The van der Waals surface area contributed by atoms with Gasteiger partial charge in [0.2, 0.25) is 5.91 Å². The minimum atomic E-state index is -0.522. The predicted molar refractivity (Wildman–Crippen MR) is 118 cm³/mol. The molecule has 8 heteroatoms. The van der Waals surface area contributed by atoms with Crippen LogP contribution in [-0.2, 0) is 11.3 Å². The maximum atomic E-state index is 12.7. The third kappa shape index (κ3) is 5.21. The number of benzene rings is 1. The van der Waals surface area contributed by atoms with Gasteiger partial charge >= 0.3 is 0 Å². The first-order valence-electron chi connectivity index (χ1n) is 9.64. The van der Waals surface area contributed by atoms with Crippen LogP contribution in [0.25, 0.3) is 0 Å². The van der Waals surface area contributed by atoms with Gasteiger partial charge in [0, 0.05) is 17.8 Å². The van der Waals surface area contributed by atoms with Gasteiger partial charge in [0.05, 0.1) is 6.04 Å². The maximum Gasteiger partial charge on any atom is 0.263 e. The number of carbonyl (C=O) groups is 2. The van der Waals surface area contributed by atoms with Crippen LogP contribution >= 0.6 is 11.3 Å². The number of pyridine rings is 1. The van der Waals surface area contributed by atoms with Crippen LogP contribution in [0.5, 0.6) is 0 Å². The van der Waals surface area contributed by atoms with E-state index in [0.717, 1.165) is 5.56 Å². The molecular formula is C22H24N4O3S. The number of amides is 2. The fourth-order valence-corrected chi connectivity index (χ4v) is 3.51. The first-order valence-corrected chi connectivity index (χ1v) is 10.5. The normalized spacial score (nSPS) is 11.9. The van der Waals surface area contributed by atoms with Gasteiger partial charge in [-0.25, -0.2) is 4.98 Å². The van der Waals surface area contributed by atoms with Gasteiger partial charge in [-0.3, -0.25) is 14.4 Å². The van der Waals surface area contributed by atoms with Crippen LogP contribution in [0, 0.1) is 0 Å². The van der Waals surface area contributed by atoms with Crippen molar-refractivity contribution in [3.05, 3.63) is 81.2 Å². The summed E-state index contributed by atoms with van der Waals surface area (Å²) in [6, 6.07) is 10.8. The first kappa shape index (κ1) is 21.4. The molecule has 30 heavy (non-hydrogen) atoms. The summed E-state index contributed by atoms with van der Waals surface area (Å²) >= 11 is 1.29. The Morgan fingerprint density at radius 3 is 2.43 bits per heavy atom. The summed E-state index contributed by atoms with van der Waals surface area (Å²) in [6.45, 7) is 5.91. The Kier molecular flexibility index (Phi) is 6.79. The molecule has 0 aliphatic rings. The Morgan fingerprint density at radius 2 is 1.80 bits per heavy atom. The maximum absolute atomic E-state index is 12.7. The highest BCUT2D eigenvalue weighted by Crippen LogP contribution is 2.18. The molecule has 2 N–H and O–H groups in total. The second-order valence-corrected chi connectivity index (χ2v) is 8.15. The van der Waals surface area contributed by atoms with Gasteiger partial charge in [0.1, 0.15) is 12.1 Å². The molecule has 2 amide bonds. The minimum absolute atomic E-state index is 0.00907. The van der Waals surface area contributed by atoms with Crippen molar-refractivity contribution in [2.75, 3.05) is 5.32 Å². The van der Waals surface area contributed by atoms with Gasteiger partial charge in [0.25, 0.3) is 11.5 Å². The van der Waals surface area contributed by atoms with Crippen molar-refractivity contribution in [1.29, 1.82) is 0 Å². The van der Waals surface area contributed by atoms with Gasteiger partial charge in [-0.05, 0) is 36.1 Å². The largest absolute Gasteiger partial charge is 0.345 e. The highest BCUT2D eigenvalue weighted by atomic mass is 32.1. The molecule has 1 atom stereocenters. The zero-order chi connectivity index (χ0) is 21.7. The van der Waals surface area contributed by atoms with E-state index in [-0.39, 0.29) is 24.1 Å². The predicted octanol–water partition coefficient (Wildman–Crippen LogP) is 3.56. The molecule has 2 aromatic heterocycles. The van der Waals surface area contributed by atoms with E-state index in [9.17, 15) is 14.4 Å². The van der Waals surface area contributed by atoms with E-state index in [1.807, 2.05) is 31.2 Å². The Bertz CT molecular complexity index is 1070. The molecular weight excluding hydrogens is 400 g/mol. The summed E-state index contributed by atoms with van der Waals surface area (Å²) in [7, 11) is 0. The van der Waals surface area contributed by atoms with Crippen molar-refractivity contribution in [1.82, 2.24) is 14.9 Å². The Morgan fingerprint density at radius 1 is 1.10 bits per heavy atom. The van der Waals surface area contributed by atoms with Crippen LogP contribution in [0.1, 0.15) is 54.2 Å². The Balaban J connectivity index is 1.69. The summed E-state index contributed by atoms with van der Waals surface area (Å²) in [4.78, 5) is 41.5. The lowest BCUT2D eigenvalue weighted by Crippen LogP contribution is -2.35. The van der Waals surface area contributed by atoms with E-state index in [2.05, 4.69) is 29.5 Å². The van der Waals surface area contributed by atoms with Crippen LogP contribution in [0.3, 0.4) is 0 Å². The molecule has 2 heterocycles. The number of nitrogens with zero attached hydrogens (tertiary/aromatic N) is 2. The van der Waals surface area contributed by atoms with E-state index in [4.69, 9.17) is 0 Å². The van der Waals surface area contributed by atoms with Gasteiger partial charge in [-0.1, -0.05) is 38.1 Å². The number of aromatic nitrogens is 2. The fourth-order valence-electron chi connectivity index (χ4n) is 2.96. The summed E-state index contributed by atoms with van der Waals surface area (Å²) in [5.74, 6) is -0.433. The number of hydrogen-bond donors (Lipinski definition) is 2. The SMILES string of the molecule is CC(C)c1ccc(C(C)NC(=O)c2cccn(CC(=O)Nc3nccs3)c2=O)cc1. The summed E-state index contributed by atoms with van der Waals surface area (Å²) < 4.78 is 1.21. The minimum Gasteiger partial charge on any atom is -0.345 e. The third-order valence-corrected chi connectivity index (χ3v) is 5.40. The fraction of sp³-hybridized carbons (Fsp3) is 0.273. The van der Waals surface area contributed by atoms with Crippen LogP contribution in [0.15, 0.2) is 59.0 Å². The topological polar surface area (TPSA) is 93.1 Å². The molecule has 0 aliphatic carbocycles. The number of carbonyl (C=O) groups excluding carboxylic acids is 2. The van der Waals surface area contributed by atoms with Crippen molar-refractivity contribution in [3.63, 3.8) is 0 Å². The quantitative estimate of drug-likeness (QED) is 0.606. The van der Waals surface area contributed by atoms with E-state index < -0.39 is 11.5 Å². The number of thiazole rings is 1. The van der Waals surface area contributed by atoms with E-state index in [1.165, 1.54) is 33.7 Å². The molecule has 1 aromatic carbocycles. The molecule has 3 aromatic rings. The first-order chi connectivity index (χ1) is 14.3. The summed E-state index contributed by atoms with van der Waals surface area (Å²) in [5.41, 5.74) is 1.64. The lowest BCUT2D eigenvalue weighted by molar-refractivity contribution is -0.116. The Labute approximate surface area is 178 Å². The van der Waals surface area contributed by atoms with E-state index in [0.29, 0.717) is 11.0 Å². The lowest BCUT2D eigenvalue weighted by atomic mass is 9.99. The van der Waals surface area contributed by atoms with Crippen molar-refractivity contribution in [2.24, 2.45) is 0 Å². The number of nitrogens with one attached hydrogen (secondary N) is 2. The van der Waals surface area contributed by atoms with Crippen molar-refractivity contribution in [3.8, 4) is 0 Å². The van der Waals surface area contributed by atoms with Crippen LogP contribution in [0.2, 0.25) is 0 Å². The number of rotatable bonds is 7. The Hall–Kier alpha value is -3.26. The van der Waals surface area contributed by atoms with Gasteiger partial charge in [0.15, 0.2) is 5.13 Å². The van der Waals surface area contributed by atoms with Crippen LogP contribution < -0.4 is 16.2 Å². The summed E-state index contributed by atoms with van der Waals surface area (Å²) in [5, 5.41) is 7.68.